The Balaban J connectivity index is 1.53. The third-order valence-electron chi connectivity index (χ3n) is 3.99. The fraction of sp³-hybridized carbons (Fsp3) is 0.312. The molecule has 21 heavy (non-hydrogen) atoms. The van der Waals surface area contributed by atoms with Crippen molar-refractivity contribution in [3.8, 4) is 5.75 Å². The minimum Gasteiger partial charge on any atom is -0.508 e. The number of H-pyrrole nitrogens is 1. The number of piperazine rings is 1. The highest BCUT2D eigenvalue weighted by atomic mass is 16.3. The lowest BCUT2D eigenvalue weighted by molar-refractivity contribution is -0.892. The number of phenolic OH excluding ortho intramolecular Hbond substituents is 1. The smallest absolute Gasteiger partial charge is 0.232 e. The van der Waals surface area contributed by atoms with Gasteiger partial charge in [0.05, 0.1) is 31.9 Å². The van der Waals surface area contributed by atoms with Crippen molar-refractivity contribution in [2.75, 3.05) is 37.6 Å². The van der Waals surface area contributed by atoms with Gasteiger partial charge in [-0.15, -0.1) is 0 Å². The van der Waals surface area contributed by atoms with E-state index in [1.807, 2.05) is 24.3 Å². The number of phenols is 1. The van der Waals surface area contributed by atoms with Gasteiger partial charge in [0.15, 0.2) is 0 Å². The molecule has 0 bridgehead atoms. The zero-order valence-corrected chi connectivity index (χ0v) is 11.9. The summed E-state index contributed by atoms with van der Waals surface area (Å²) < 4.78 is 0. The second-order valence-electron chi connectivity index (χ2n) is 5.44. The summed E-state index contributed by atoms with van der Waals surface area (Å²) in [6.07, 6.45) is 1.78. The Hall–Kier alpha value is -2.27. The molecular formula is C16H20N3O2+. The van der Waals surface area contributed by atoms with Crippen molar-refractivity contribution in [1.82, 2.24) is 4.98 Å². The Labute approximate surface area is 123 Å². The normalized spacial score (nSPS) is 16.1. The van der Waals surface area contributed by atoms with Gasteiger partial charge in [-0.1, -0.05) is 0 Å². The summed E-state index contributed by atoms with van der Waals surface area (Å²) in [5, 5.41) is 9.32. The number of benzene rings is 1. The number of rotatable bonds is 4. The SMILES string of the molecule is O=C(C[NH+]1CCN(c2ccc(O)cc2)CC1)c1ccc[nH]1. The van der Waals surface area contributed by atoms with Gasteiger partial charge in [-0.05, 0) is 36.4 Å². The molecule has 0 spiro atoms. The number of quaternary nitrogens is 1. The molecule has 1 aromatic heterocycles. The van der Waals surface area contributed by atoms with Crippen LogP contribution in [-0.2, 0) is 0 Å². The quantitative estimate of drug-likeness (QED) is 0.709. The molecule has 5 heteroatoms. The van der Waals surface area contributed by atoms with Gasteiger partial charge in [-0.3, -0.25) is 4.79 Å². The van der Waals surface area contributed by atoms with Gasteiger partial charge in [-0.25, -0.2) is 0 Å². The number of aromatic hydroxyl groups is 1. The van der Waals surface area contributed by atoms with Gasteiger partial charge in [0.1, 0.15) is 12.3 Å². The molecular weight excluding hydrogens is 266 g/mol. The van der Waals surface area contributed by atoms with E-state index in [1.54, 1.807) is 18.3 Å². The van der Waals surface area contributed by atoms with E-state index in [0.29, 0.717) is 18.0 Å². The standard InChI is InChI=1S/C16H19N3O2/c20-14-5-3-13(4-6-14)19-10-8-18(9-11-19)12-16(21)15-2-1-7-17-15/h1-7,17,20H,8-12H2/p+1. The lowest BCUT2D eigenvalue weighted by Gasteiger charge is -2.33. The summed E-state index contributed by atoms with van der Waals surface area (Å²) in [5.41, 5.74) is 1.83. The summed E-state index contributed by atoms with van der Waals surface area (Å²) in [7, 11) is 0. The zero-order valence-electron chi connectivity index (χ0n) is 11.9. The van der Waals surface area contributed by atoms with Gasteiger partial charge in [0.25, 0.3) is 0 Å². The first-order chi connectivity index (χ1) is 10.2. The van der Waals surface area contributed by atoms with Gasteiger partial charge in [0.2, 0.25) is 5.78 Å². The summed E-state index contributed by atoms with van der Waals surface area (Å²) in [5.74, 6) is 0.465. The second-order valence-corrected chi connectivity index (χ2v) is 5.44. The molecule has 2 heterocycles. The maximum absolute atomic E-state index is 12.1. The third-order valence-corrected chi connectivity index (χ3v) is 3.99. The third kappa shape index (κ3) is 3.25. The maximum Gasteiger partial charge on any atom is 0.232 e. The van der Waals surface area contributed by atoms with E-state index in [-0.39, 0.29) is 5.78 Å². The van der Waals surface area contributed by atoms with E-state index in [1.165, 1.54) is 4.90 Å². The van der Waals surface area contributed by atoms with Crippen molar-refractivity contribution in [2.24, 2.45) is 0 Å². The number of carbonyl (C=O) groups excluding carboxylic acids is 1. The van der Waals surface area contributed by atoms with Crippen LogP contribution in [-0.4, -0.2) is 48.6 Å². The number of nitrogens with zero attached hydrogens (tertiary/aromatic N) is 1. The first-order valence-electron chi connectivity index (χ1n) is 7.26. The fourth-order valence-corrected chi connectivity index (χ4v) is 2.75. The minimum absolute atomic E-state index is 0.174. The average Bonchev–Trinajstić information content (AvgIpc) is 3.03. The van der Waals surface area contributed by atoms with Crippen LogP contribution >= 0.6 is 0 Å². The molecule has 3 N–H and O–H groups in total. The van der Waals surface area contributed by atoms with Crippen LogP contribution in [0.4, 0.5) is 5.69 Å². The summed E-state index contributed by atoms with van der Waals surface area (Å²) in [6.45, 7) is 4.31. The molecule has 110 valence electrons. The Kier molecular flexibility index (Phi) is 3.92. The topological polar surface area (TPSA) is 60.8 Å². The maximum atomic E-state index is 12.1. The minimum atomic E-state index is 0.174. The number of anilines is 1. The monoisotopic (exact) mass is 286 g/mol. The Morgan fingerprint density at radius 2 is 1.90 bits per heavy atom. The molecule has 5 nitrogen and oxygen atoms in total. The molecule has 0 unspecified atom stereocenters. The number of ketones is 1. The van der Waals surface area contributed by atoms with Gasteiger partial charge < -0.3 is 19.9 Å². The Morgan fingerprint density at radius 3 is 2.52 bits per heavy atom. The molecule has 1 aliphatic heterocycles. The lowest BCUT2D eigenvalue weighted by Crippen LogP contribution is -3.15. The van der Waals surface area contributed by atoms with Crippen LogP contribution in [0.2, 0.25) is 0 Å². The molecule has 0 aliphatic carbocycles. The van der Waals surface area contributed by atoms with Crippen LogP contribution in [0.5, 0.6) is 5.75 Å². The Morgan fingerprint density at radius 1 is 1.19 bits per heavy atom. The number of Topliss-reactive ketones (excluding diaryl/α,β-unsaturated/α-hetero) is 1. The van der Waals surface area contributed by atoms with Crippen LogP contribution in [0.25, 0.3) is 0 Å². The van der Waals surface area contributed by atoms with Crippen molar-refractivity contribution in [3.05, 3.63) is 48.3 Å². The molecule has 0 atom stereocenters. The summed E-state index contributed by atoms with van der Waals surface area (Å²) >= 11 is 0. The number of aromatic amines is 1. The summed E-state index contributed by atoms with van der Waals surface area (Å²) in [4.78, 5) is 18.7. The van der Waals surface area contributed by atoms with Crippen LogP contribution in [0, 0.1) is 0 Å². The highest BCUT2D eigenvalue weighted by molar-refractivity contribution is 5.95. The molecule has 0 amide bonds. The Bertz CT molecular complexity index is 584. The molecule has 3 rings (SSSR count). The zero-order chi connectivity index (χ0) is 14.7. The first-order valence-corrected chi connectivity index (χ1v) is 7.26. The van der Waals surface area contributed by atoms with E-state index < -0.39 is 0 Å². The van der Waals surface area contributed by atoms with E-state index in [2.05, 4.69) is 9.88 Å². The van der Waals surface area contributed by atoms with E-state index in [0.717, 1.165) is 31.9 Å². The predicted molar refractivity (Wildman–Crippen MR) is 81.0 cm³/mol. The number of nitrogens with one attached hydrogen (secondary N) is 2. The van der Waals surface area contributed by atoms with E-state index >= 15 is 0 Å². The molecule has 1 saturated heterocycles. The average molecular weight is 286 g/mol. The lowest BCUT2D eigenvalue weighted by atomic mass is 10.2. The number of hydrogen-bond acceptors (Lipinski definition) is 3. The number of aromatic nitrogens is 1. The fourth-order valence-electron chi connectivity index (χ4n) is 2.75. The largest absolute Gasteiger partial charge is 0.508 e. The van der Waals surface area contributed by atoms with Gasteiger partial charge >= 0.3 is 0 Å². The molecule has 0 radical (unpaired) electrons. The van der Waals surface area contributed by atoms with Crippen LogP contribution < -0.4 is 9.80 Å². The van der Waals surface area contributed by atoms with Crippen LogP contribution in [0.3, 0.4) is 0 Å². The van der Waals surface area contributed by atoms with Crippen molar-refractivity contribution in [2.45, 2.75) is 0 Å². The molecule has 1 fully saturated rings. The highest BCUT2D eigenvalue weighted by Crippen LogP contribution is 2.18. The van der Waals surface area contributed by atoms with Crippen molar-refractivity contribution in [1.29, 1.82) is 0 Å². The molecule has 2 aromatic rings. The van der Waals surface area contributed by atoms with Gasteiger partial charge in [0, 0.05) is 11.9 Å². The highest BCUT2D eigenvalue weighted by Gasteiger charge is 2.23. The van der Waals surface area contributed by atoms with Gasteiger partial charge in [-0.2, -0.15) is 0 Å². The van der Waals surface area contributed by atoms with Crippen molar-refractivity contribution in [3.63, 3.8) is 0 Å². The van der Waals surface area contributed by atoms with E-state index in [9.17, 15) is 9.90 Å². The van der Waals surface area contributed by atoms with Crippen molar-refractivity contribution < 1.29 is 14.8 Å². The van der Waals surface area contributed by atoms with Crippen molar-refractivity contribution >= 4 is 11.5 Å². The predicted octanol–water partition coefficient (Wildman–Crippen LogP) is 0.308. The number of hydrogen-bond donors (Lipinski definition) is 3. The van der Waals surface area contributed by atoms with Crippen LogP contribution in [0.1, 0.15) is 10.5 Å². The van der Waals surface area contributed by atoms with Crippen LogP contribution in [0.15, 0.2) is 42.6 Å². The molecule has 1 aromatic carbocycles. The molecule has 1 aliphatic rings. The van der Waals surface area contributed by atoms with E-state index in [4.69, 9.17) is 0 Å². The second kappa shape index (κ2) is 6.01. The summed E-state index contributed by atoms with van der Waals surface area (Å²) in [6, 6.07) is 11.0. The number of carbonyl (C=O) groups is 1. The first kappa shape index (κ1) is 13.7. The molecule has 0 saturated carbocycles.